The van der Waals surface area contributed by atoms with E-state index in [0.29, 0.717) is 6.61 Å². The van der Waals surface area contributed by atoms with Crippen molar-refractivity contribution in [2.45, 2.75) is 12.7 Å². The van der Waals surface area contributed by atoms with E-state index in [4.69, 9.17) is 9.08 Å². The molecule has 0 radical (unpaired) electrons. The number of nitrogens with zero attached hydrogens (tertiary/aromatic N) is 3. The van der Waals surface area contributed by atoms with Crippen LogP contribution in [0, 0.1) is 0 Å². The minimum atomic E-state index is -4.17. The summed E-state index contributed by atoms with van der Waals surface area (Å²) in [6.45, 7) is 2.05. The SMILES string of the molecule is CCOS(=O)(=O)O.CN(C)C(COP)(N(C)C)N(C)C. The standard InChI is InChI=1S/C8H22N3OP.C2H6O4S/c1-9(2)8(7-12-13,10(3)4)11(5)6;1-2-6-7(3,4)5/h7,13H2,1-6H3;2H2,1H3,(H,3,4,5). The largest absolute Gasteiger partial charge is 0.397 e. The molecule has 0 amide bonds. The molecule has 0 aromatic rings. The first kappa shape index (κ1) is 22.4. The van der Waals surface area contributed by atoms with Crippen LogP contribution in [-0.2, 0) is 19.1 Å². The van der Waals surface area contributed by atoms with Gasteiger partial charge in [-0.1, -0.05) is 0 Å². The predicted octanol–water partition coefficient (Wildman–Crippen LogP) is -0.0426. The second-order valence-corrected chi connectivity index (χ2v) is 6.03. The molecule has 0 heterocycles. The molecule has 1 unspecified atom stereocenters. The summed E-state index contributed by atoms with van der Waals surface area (Å²) in [6, 6.07) is 0. The maximum Gasteiger partial charge on any atom is 0.397 e. The molecule has 0 aliphatic rings. The van der Waals surface area contributed by atoms with Gasteiger partial charge in [-0.2, -0.15) is 8.42 Å². The maximum absolute atomic E-state index is 9.56. The highest BCUT2D eigenvalue weighted by Crippen LogP contribution is 2.19. The molecule has 0 aromatic heterocycles. The topological polar surface area (TPSA) is 82.5 Å². The number of rotatable bonds is 7. The van der Waals surface area contributed by atoms with Crippen molar-refractivity contribution in [3.63, 3.8) is 0 Å². The van der Waals surface area contributed by atoms with Crippen molar-refractivity contribution in [1.29, 1.82) is 0 Å². The first-order valence-electron chi connectivity index (χ1n) is 5.91. The molecule has 0 aliphatic heterocycles. The molecule has 0 fully saturated rings. The Balaban J connectivity index is 0. The van der Waals surface area contributed by atoms with Gasteiger partial charge in [0.15, 0.2) is 5.79 Å². The van der Waals surface area contributed by atoms with Crippen LogP contribution < -0.4 is 0 Å². The third-order valence-electron chi connectivity index (χ3n) is 2.69. The van der Waals surface area contributed by atoms with Crippen LogP contribution in [0.1, 0.15) is 6.92 Å². The van der Waals surface area contributed by atoms with E-state index in [2.05, 4.69) is 28.3 Å². The Labute approximate surface area is 125 Å². The molecule has 0 rings (SSSR count). The molecular formula is C10H28N3O5PS. The molecular weight excluding hydrogens is 305 g/mol. The summed E-state index contributed by atoms with van der Waals surface area (Å²) in [5.74, 6) is -0.193. The zero-order valence-corrected chi connectivity index (χ0v) is 15.3. The van der Waals surface area contributed by atoms with Crippen LogP contribution in [0.5, 0.6) is 0 Å². The minimum absolute atomic E-state index is 0.0289. The first-order valence-corrected chi connectivity index (χ1v) is 7.75. The van der Waals surface area contributed by atoms with Gasteiger partial charge < -0.3 is 4.52 Å². The lowest BCUT2D eigenvalue weighted by Crippen LogP contribution is -2.66. The van der Waals surface area contributed by atoms with Crippen LogP contribution in [0.3, 0.4) is 0 Å². The lowest BCUT2D eigenvalue weighted by Gasteiger charge is -2.48. The van der Waals surface area contributed by atoms with Crippen LogP contribution in [0.2, 0.25) is 0 Å². The zero-order chi connectivity index (χ0) is 16.6. The molecule has 20 heavy (non-hydrogen) atoms. The number of likely N-dealkylation sites (N-methyl/N-ethyl adjacent to an activating group) is 3. The third kappa shape index (κ3) is 7.80. The van der Waals surface area contributed by atoms with Crippen LogP contribution in [0.15, 0.2) is 0 Å². The Kier molecular flexibility index (Phi) is 11.2. The minimum Gasteiger partial charge on any atom is -0.361 e. The highest BCUT2D eigenvalue weighted by molar-refractivity contribution is 7.80. The molecule has 0 aromatic carbocycles. The van der Waals surface area contributed by atoms with E-state index in [1.165, 1.54) is 6.92 Å². The Hall–Kier alpha value is 0.140. The monoisotopic (exact) mass is 333 g/mol. The average molecular weight is 333 g/mol. The van der Waals surface area contributed by atoms with Crippen molar-refractivity contribution in [2.24, 2.45) is 0 Å². The molecule has 0 saturated heterocycles. The van der Waals surface area contributed by atoms with Gasteiger partial charge in [-0.3, -0.25) is 19.3 Å². The lowest BCUT2D eigenvalue weighted by molar-refractivity contribution is -0.130. The third-order valence-corrected chi connectivity index (χ3v) is 3.39. The summed E-state index contributed by atoms with van der Waals surface area (Å²) < 4.78 is 35.8. The van der Waals surface area contributed by atoms with E-state index >= 15 is 0 Å². The second kappa shape index (κ2) is 9.97. The second-order valence-electron chi connectivity index (χ2n) is 4.60. The van der Waals surface area contributed by atoms with E-state index in [-0.39, 0.29) is 12.4 Å². The van der Waals surface area contributed by atoms with Gasteiger partial charge >= 0.3 is 10.4 Å². The van der Waals surface area contributed by atoms with Gasteiger partial charge in [0.25, 0.3) is 0 Å². The van der Waals surface area contributed by atoms with E-state index in [0.717, 1.165) is 0 Å². The fourth-order valence-electron chi connectivity index (χ4n) is 1.85. The summed E-state index contributed by atoms with van der Waals surface area (Å²) in [7, 11) is 10.4. The average Bonchev–Trinajstić information content (AvgIpc) is 2.23. The number of hydrogen-bond donors (Lipinski definition) is 1. The molecule has 124 valence electrons. The molecule has 1 atom stereocenters. The Morgan fingerprint density at radius 3 is 1.45 bits per heavy atom. The maximum atomic E-state index is 9.56. The summed E-state index contributed by atoms with van der Waals surface area (Å²) in [5, 5.41) is 0. The van der Waals surface area contributed by atoms with Gasteiger partial charge in [0.2, 0.25) is 0 Å². The molecule has 0 saturated carbocycles. The van der Waals surface area contributed by atoms with Gasteiger partial charge in [-0.15, -0.1) is 0 Å². The quantitative estimate of drug-likeness (QED) is 0.395. The highest BCUT2D eigenvalue weighted by atomic mass is 32.3. The highest BCUT2D eigenvalue weighted by Gasteiger charge is 2.37. The fourth-order valence-corrected chi connectivity index (χ4v) is 2.37. The van der Waals surface area contributed by atoms with Gasteiger partial charge in [-0.25, -0.2) is 4.18 Å². The van der Waals surface area contributed by atoms with Crippen LogP contribution in [0.4, 0.5) is 0 Å². The van der Waals surface area contributed by atoms with Crippen LogP contribution in [0.25, 0.3) is 0 Å². The Bertz CT molecular complexity index is 327. The predicted molar refractivity (Wildman–Crippen MR) is 82.6 cm³/mol. The van der Waals surface area contributed by atoms with Gasteiger partial charge in [0.1, 0.15) is 0 Å². The zero-order valence-electron chi connectivity index (χ0n) is 13.3. The van der Waals surface area contributed by atoms with Crippen molar-refractivity contribution in [2.75, 3.05) is 55.5 Å². The van der Waals surface area contributed by atoms with Crippen LogP contribution in [-0.4, -0.2) is 89.0 Å². The van der Waals surface area contributed by atoms with Crippen LogP contribution >= 0.6 is 9.47 Å². The molecule has 0 aliphatic carbocycles. The summed E-state index contributed by atoms with van der Waals surface area (Å²) in [5.41, 5.74) is 0. The fraction of sp³-hybridized carbons (Fsp3) is 1.00. The Morgan fingerprint density at radius 1 is 1.05 bits per heavy atom. The molecule has 1 N–H and O–H groups in total. The molecule has 0 bridgehead atoms. The van der Waals surface area contributed by atoms with Crippen molar-refractivity contribution in [3.05, 3.63) is 0 Å². The van der Waals surface area contributed by atoms with Crippen molar-refractivity contribution >= 4 is 19.9 Å². The van der Waals surface area contributed by atoms with E-state index < -0.39 is 10.4 Å². The number of hydrogen-bond acceptors (Lipinski definition) is 7. The van der Waals surface area contributed by atoms with Crippen molar-refractivity contribution in [3.8, 4) is 0 Å². The van der Waals surface area contributed by atoms with E-state index in [1.807, 2.05) is 42.3 Å². The van der Waals surface area contributed by atoms with E-state index in [9.17, 15) is 8.42 Å². The molecule has 10 heteroatoms. The normalized spacial score (nSPS) is 12.8. The van der Waals surface area contributed by atoms with Gasteiger partial charge in [0.05, 0.1) is 13.2 Å². The van der Waals surface area contributed by atoms with Crippen molar-refractivity contribution < 1.29 is 21.7 Å². The lowest BCUT2D eigenvalue weighted by atomic mass is 10.2. The first-order chi connectivity index (χ1) is 8.95. The van der Waals surface area contributed by atoms with Gasteiger partial charge in [-0.05, 0) is 49.2 Å². The smallest absolute Gasteiger partial charge is 0.361 e. The summed E-state index contributed by atoms with van der Waals surface area (Å²) in [6.07, 6.45) is 0. The summed E-state index contributed by atoms with van der Waals surface area (Å²) >= 11 is 0. The molecule has 8 nitrogen and oxygen atoms in total. The molecule has 0 spiro atoms. The summed E-state index contributed by atoms with van der Waals surface area (Å²) in [4.78, 5) is 6.41. The van der Waals surface area contributed by atoms with E-state index in [1.54, 1.807) is 0 Å². The van der Waals surface area contributed by atoms with Gasteiger partial charge in [0, 0.05) is 9.47 Å². The van der Waals surface area contributed by atoms with Crippen molar-refractivity contribution in [1.82, 2.24) is 14.7 Å². The Morgan fingerprint density at radius 2 is 1.40 bits per heavy atom.